The second-order valence-electron chi connectivity index (χ2n) is 7.65. The fraction of sp³-hybridized carbons (Fsp3) is 0.667. The number of fused-ring (bicyclic) bond motifs is 1. The van der Waals surface area contributed by atoms with E-state index < -0.39 is 0 Å². The van der Waals surface area contributed by atoms with Gasteiger partial charge in [0.05, 0.1) is 0 Å². The molecule has 0 spiro atoms. The molecule has 1 aliphatic carbocycles. The van der Waals surface area contributed by atoms with E-state index in [4.69, 9.17) is 11.6 Å². The van der Waals surface area contributed by atoms with Crippen LogP contribution in [0.25, 0.3) is 0 Å². The fourth-order valence-corrected chi connectivity index (χ4v) is 5.58. The maximum absolute atomic E-state index is 6.22. The molecule has 0 amide bonds. The second kappa shape index (κ2) is 6.14. The zero-order valence-electron chi connectivity index (χ0n) is 13.3. The van der Waals surface area contributed by atoms with E-state index in [0.717, 1.165) is 10.9 Å². The smallest absolute Gasteiger partial charge is 0.0410 e. The highest BCUT2D eigenvalue weighted by Crippen LogP contribution is 2.42. The molecule has 1 aromatic carbocycles. The molecule has 116 valence electrons. The first-order valence-electron chi connectivity index (χ1n) is 8.11. The molecule has 1 aromatic rings. The van der Waals surface area contributed by atoms with Crippen LogP contribution < -0.4 is 5.32 Å². The first-order valence-corrected chi connectivity index (χ1v) is 9.48. The molecule has 0 radical (unpaired) electrons. The second-order valence-corrected chi connectivity index (χ2v) is 9.22. The van der Waals surface area contributed by atoms with E-state index in [1.807, 2.05) is 17.8 Å². The first kappa shape index (κ1) is 15.7. The average Bonchev–Trinajstić information content (AvgIpc) is 2.37. The Hall–Kier alpha value is -0.180. The summed E-state index contributed by atoms with van der Waals surface area (Å²) in [4.78, 5) is 1.41. The summed E-state index contributed by atoms with van der Waals surface area (Å²) >= 11 is 8.18. The van der Waals surface area contributed by atoms with Crippen LogP contribution in [-0.4, -0.2) is 11.8 Å². The monoisotopic (exact) mass is 323 g/mol. The largest absolute Gasteiger partial charge is 0.307 e. The highest BCUT2D eigenvalue weighted by molar-refractivity contribution is 7.99. The molecule has 1 fully saturated rings. The van der Waals surface area contributed by atoms with Crippen molar-refractivity contribution in [2.24, 2.45) is 11.3 Å². The van der Waals surface area contributed by atoms with Crippen molar-refractivity contribution in [3.05, 3.63) is 28.8 Å². The minimum Gasteiger partial charge on any atom is -0.307 e. The molecule has 3 rings (SSSR count). The van der Waals surface area contributed by atoms with Crippen LogP contribution in [0.5, 0.6) is 0 Å². The van der Waals surface area contributed by atoms with Gasteiger partial charge in [0, 0.05) is 22.0 Å². The van der Waals surface area contributed by atoms with E-state index in [9.17, 15) is 0 Å². The minimum atomic E-state index is 0.468. The zero-order valence-corrected chi connectivity index (χ0v) is 14.9. The summed E-state index contributed by atoms with van der Waals surface area (Å²) < 4.78 is 0. The normalized spacial score (nSPS) is 31.7. The molecule has 0 aromatic heterocycles. The number of hydrogen-bond donors (Lipinski definition) is 1. The third-order valence-electron chi connectivity index (χ3n) is 4.84. The standard InChI is InChI=1S/C18H26ClNS/c1-12-8-14(11-18(2,3)10-12)20-16-6-7-21-17-5-4-13(19)9-15(16)17/h4-5,9,12,14,16,20H,6-8,10-11H2,1-3H3. The van der Waals surface area contributed by atoms with Gasteiger partial charge in [-0.25, -0.2) is 0 Å². The Balaban J connectivity index is 1.76. The number of rotatable bonds is 2. The van der Waals surface area contributed by atoms with Crippen LogP contribution in [0.15, 0.2) is 23.1 Å². The zero-order chi connectivity index (χ0) is 15.0. The maximum Gasteiger partial charge on any atom is 0.0410 e. The minimum absolute atomic E-state index is 0.468. The van der Waals surface area contributed by atoms with Crippen molar-refractivity contribution >= 4 is 23.4 Å². The molecule has 0 saturated heterocycles. The average molecular weight is 324 g/mol. The van der Waals surface area contributed by atoms with Crippen LogP contribution in [0.1, 0.15) is 58.1 Å². The molecule has 1 nitrogen and oxygen atoms in total. The molecule has 1 aliphatic heterocycles. The van der Waals surface area contributed by atoms with Crippen LogP contribution in [-0.2, 0) is 0 Å². The van der Waals surface area contributed by atoms with E-state index in [1.54, 1.807) is 0 Å². The Bertz CT molecular complexity index is 514. The van der Waals surface area contributed by atoms with Gasteiger partial charge in [-0.3, -0.25) is 0 Å². The molecular formula is C18H26ClNS. The maximum atomic E-state index is 6.22. The van der Waals surface area contributed by atoms with Gasteiger partial charge in [0.2, 0.25) is 0 Å². The third kappa shape index (κ3) is 3.78. The lowest BCUT2D eigenvalue weighted by Crippen LogP contribution is -2.42. The fourth-order valence-electron chi connectivity index (χ4n) is 4.30. The summed E-state index contributed by atoms with van der Waals surface area (Å²) in [5.74, 6) is 2.03. The Morgan fingerprint density at radius 3 is 2.86 bits per heavy atom. The highest BCUT2D eigenvalue weighted by Gasteiger charge is 2.33. The van der Waals surface area contributed by atoms with E-state index in [0.29, 0.717) is 17.5 Å². The van der Waals surface area contributed by atoms with Gasteiger partial charge in [-0.1, -0.05) is 32.4 Å². The number of thioether (sulfide) groups is 1. The van der Waals surface area contributed by atoms with Gasteiger partial charge < -0.3 is 5.32 Å². The van der Waals surface area contributed by atoms with Gasteiger partial charge >= 0.3 is 0 Å². The number of hydrogen-bond acceptors (Lipinski definition) is 2. The summed E-state index contributed by atoms with van der Waals surface area (Å²) in [5.41, 5.74) is 1.88. The summed E-state index contributed by atoms with van der Waals surface area (Å²) in [6.45, 7) is 7.23. The van der Waals surface area contributed by atoms with Crippen LogP contribution in [0.4, 0.5) is 0 Å². The number of nitrogens with one attached hydrogen (secondary N) is 1. The summed E-state index contributed by atoms with van der Waals surface area (Å²) in [7, 11) is 0. The van der Waals surface area contributed by atoms with E-state index >= 15 is 0 Å². The van der Waals surface area contributed by atoms with Crippen molar-refractivity contribution in [2.75, 3.05) is 5.75 Å². The van der Waals surface area contributed by atoms with Gasteiger partial charge in [-0.05, 0) is 66.5 Å². The first-order chi connectivity index (χ1) is 9.93. The van der Waals surface area contributed by atoms with Crippen molar-refractivity contribution < 1.29 is 0 Å². The Labute approximate surface area is 138 Å². The molecule has 3 atom stereocenters. The SMILES string of the molecule is CC1CC(NC2CCSc3ccc(Cl)cc32)CC(C)(C)C1. The van der Waals surface area contributed by atoms with Crippen molar-refractivity contribution in [1.29, 1.82) is 0 Å². The lowest BCUT2D eigenvalue weighted by molar-refractivity contribution is 0.143. The van der Waals surface area contributed by atoms with Crippen LogP contribution in [0.2, 0.25) is 5.02 Å². The predicted molar refractivity (Wildman–Crippen MR) is 93.3 cm³/mol. The van der Waals surface area contributed by atoms with Crippen LogP contribution >= 0.6 is 23.4 Å². The molecular weight excluding hydrogens is 298 g/mol. The predicted octanol–water partition coefficient (Wildman–Crippen LogP) is 5.68. The molecule has 3 heteroatoms. The van der Waals surface area contributed by atoms with Crippen LogP contribution in [0.3, 0.4) is 0 Å². The Kier molecular flexibility index (Phi) is 4.59. The molecule has 21 heavy (non-hydrogen) atoms. The van der Waals surface area contributed by atoms with Gasteiger partial charge in [0.25, 0.3) is 0 Å². The van der Waals surface area contributed by atoms with Gasteiger partial charge in [0.15, 0.2) is 0 Å². The molecule has 3 unspecified atom stereocenters. The molecule has 1 heterocycles. The van der Waals surface area contributed by atoms with Crippen molar-refractivity contribution in [1.82, 2.24) is 5.32 Å². The summed E-state index contributed by atoms with van der Waals surface area (Å²) in [6.07, 6.45) is 5.16. The van der Waals surface area contributed by atoms with E-state index in [-0.39, 0.29) is 0 Å². The summed E-state index contributed by atoms with van der Waals surface area (Å²) in [6, 6.07) is 7.48. The van der Waals surface area contributed by atoms with Gasteiger partial charge in [-0.15, -0.1) is 11.8 Å². The van der Waals surface area contributed by atoms with Gasteiger partial charge in [0.1, 0.15) is 0 Å². The Morgan fingerprint density at radius 1 is 1.29 bits per heavy atom. The highest BCUT2D eigenvalue weighted by atomic mass is 35.5. The number of halogens is 1. The van der Waals surface area contributed by atoms with Crippen molar-refractivity contribution in [2.45, 2.75) is 63.4 Å². The lowest BCUT2D eigenvalue weighted by Gasteiger charge is -2.41. The van der Waals surface area contributed by atoms with Crippen LogP contribution in [0, 0.1) is 11.3 Å². The lowest BCUT2D eigenvalue weighted by atomic mass is 9.70. The quantitative estimate of drug-likeness (QED) is 0.751. The van der Waals surface area contributed by atoms with Crippen molar-refractivity contribution in [3.63, 3.8) is 0 Å². The van der Waals surface area contributed by atoms with E-state index in [1.165, 1.54) is 41.9 Å². The third-order valence-corrected chi connectivity index (χ3v) is 6.19. The number of benzene rings is 1. The molecule has 1 saturated carbocycles. The van der Waals surface area contributed by atoms with Crippen molar-refractivity contribution in [3.8, 4) is 0 Å². The molecule has 2 aliphatic rings. The molecule has 0 bridgehead atoms. The topological polar surface area (TPSA) is 12.0 Å². The summed E-state index contributed by atoms with van der Waals surface area (Å²) in [5, 5.41) is 4.82. The van der Waals surface area contributed by atoms with E-state index in [2.05, 4.69) is 38.2 Å². The Morgan fingerprint density at radius 2 is 2.10 bits per heavy atom. The van der Waals surface area contributed by atoms with Gasteiger partial charge in [-0.2, -0.15) is 0 Å². The molecule has 1 N–H and O–H groups in total.